The lowest BCUT2D eigenvalue weighted by Gasteiger charge is -2.25. The van der Waals surface area contributed by atoms with Gasteiger partial charge in [0.2, 0.25) is 5.91 Å². The summed E-state index contributed by atoms with van der Waals surface area (Å²) in [6.07, 6.45) is 8.68. The monoisotopic (exact) mass is 340 g/mol. The summed E-state index contributed by atoms with van der Waals surface area (Å²) in [4.78, 5) is 14.7. The largest absolute Gasteiger partial charge is 0.352 e. The molecule has 25 heavy (non-hydrogen) atoms. The molecule has 1 aliphatic heterocycles. The quantitative estimate of drug-likeness (QED) is 0.850. The summed E-state index contributed by atoms with van der Waals surface area (Å²) >= 11 is 0. The molecule has 1 saturated heterocycles. The third kappa shape index (κ3) is 5.71. The second kappa shape index (κ2) is 9.37. The topological polar surface area (TPSA) is 61.0 Å². The Morgan fingerprint density at radius 3 is 2.48 bits per heavy atom. The zero-order valence-corrected chi connectivity index (χ0v) is 14.8. The molecule has 2 heterocycles. The maximum atomic E-state index is 12.1. The maximum absolute atomic E-state index is 12.1. The predicted octanol–water partition coefficient (Wildman–Crippen LogP) is 3.03. The highest BCUT2D eigenvalue weighted by molar-refractivity contribution is 5.78. The number of amides is 1. The van der Waals surface area contributed by atoms with Crippen molar-refractivity contribution >= 4 is 5.91 Å². The first-order valence-electron chi connectivity index (χ1n) is 9.35. The maximum Gasteiger partial charge on any atom is 0.226 e. The molecular formula is C20H28N4O. The molecule has 0 radical (unpaired) electrons. The number of aromatic amines is 1. The summed E-state index contributed by atoms with van der Waals surface area (Å²) in [5.41, 5.74) is 3.37. The molecule has 134 valence electrons. The van der Waals surface area contributed by atoms with Crippen molar-refractivity contribution in [1.29, 1.82) is 0 Å². The molecule has 0 aliphatic carbocycles. The Kier molecular flexibility index (Phi) is 6.63. The van der Waals surface area contributed by atoms with E-state index in [1.807, 2.05) is 12.1 Å². The molecule has 0 spiro atoms. The van der Waals surface area contributed by atoms with Gasteiger partial charge in [-0.25, -0.2) is 0 Å². The zero-order chi connectivity index (χ0) is 17.3. The van der Waals surface area contributed by atoms with Gasteiger partial charge in [0.15, 0.2) is 0 Å². The summed E-state index contributed by atoms with van der Waals surface area (Å²) < 4.78 is 0. The van der Waals surface area contributed by atoms with E-state index >= 15 is 0 Å². The van der Waals surface area contributed by atoms with Crippen LogP contribution >= 0.6 is 0 Å². The highest BCUT2D eigenvalue weighted by atomic mass is 16.1. The number of rotatable bonds is 6. The van der Waals surface area contributed by atoms with Gasteiger partial charge < -0.3 is 5.32 Å². The molecule has 1 aliphatic rings. The third-order valence-corrected chi connectivity index (χ3v) is 4.85. The number of hydrogen-bond donors (Lipinski definition) is 2. The molecule has 0 saturated carbocycles. The van der Waals surface area contributed by atoms with Crippen molar-refractivity contribution in [2.45, 2.75) is 51.6 Å². The molecule has 0 bridgehead atoms. The zero-order valence-electron chi connectivity index (χ0n) is 14.8. The van der Waals surface area contributed by atoms with Crippen LogP contribution in [-0.2, 0) is 24.3 Å². The van der Waals surface area contributed by atoms with Crippen LogP contribution in [0.1, 0.15) is 48.9 Å². The van der Waals surface area contributed by atoms with Crippen molar-refractivity contribution in [3.63, 3.8) is 0 Å². The van der Waals surface area contributed by atoms with Gasteiger partial charge in [-0.2, -0.15) is 5.10 Å². The summed E-state index contributed by atoms with van der Waals surface area (Å²) in [6.45, 7) is 3.92. The normalized spacial score (nSPS) is 16.2. The molecule has 1 fully saturated rings. The average molecular weight is 340 g/mol. The molecular weight excluding hydrogens is 312 g/mol. The van der Waals surface area contributed by atoms with Gasteiger partial charge in [0.05, 0.1) is 6.42 Å². The molecule has 5 nitrogen and oxygen atoms in total. The lowest BCUT2D eigenvalue weighted by Crippen LogP contribution is -2.29. The van der Waals surface area contributed by atoms with Gasteiger partial charge in [-0.15, -0.1) is 0 Å². The second-order valence-corrected chi connectivity index (χ2v) is 6.85. The fourth-order valence-corrected chi connectivity index (χ4v) is 3.41. The number of benzene rings is 1. The summed E-state index contributed by atoms with van der Waals surface area (Å²) in [5, 5.41) is 9.73. The Morgan fingerprint density at radius 1 is 1.04 bits per heavy atom. The number of likely N-dealkylation sites (tertiary alicyclic amines) is 1. The van der Waals surface area contributed by atoms with Crippen molar-refractivity contribution in [3.05, 3.63) is 53.3 Å². The second-order valence-electron chi connectivity index (χ2n) is 6.85. The smallest absolute Gasteiger partial charge is 0.226 e. The average Bonchev–Trinajstić information content (AvgIpc) is 3.09. The van der Waals surface area contributed by atoms with E-state index in [1.165, 1.54) is 56.3 Å². The van der Waals surface area contributed by atoms with Crippen LogP contribution < -0.4 is 5.32 Å². The van der Waals surface area contributed by atoms with E-state index < -0.39 is 0 Å². The van der Waals surface area contributed by atoms with E-state index in [9.17, 15) is 4.79 Å². The van der Waals surface area contributed by atoms with E-state index in [4.69, 9.17) is 0 Å². The van der Waals surface area contributed by atoms with Crippen LogP contribution in [0.5, 0.6) is 0 Å². The van der Waals surface area contributed by atoms with Gasteiger partial charge in [0.25, 0.3) is 0 Å². The minimum atomic E-state index is 0.0188. The third-order valence-electron chi connectivity index (χ3n) is 4.85. The van der Waals surface area contributed by atoms with Crippen molar-refractivity contribution in [1.82, 2.24) is 20.4 Å². The number of nitrogens with zero attached hydrogens (tertiary/aromatic N) is 2. The summed E-state index contributed by atoms with van der Waals surface area (Å²) in [6, 6.07) is 10.3. The first-order chi connectivity index (χ1) is 12.3. The first kappa shape index (κ1) is 17.7. The molecule has 0 atom stereocenters. The van der Waals surface area contributed by atoms with E-state index in [1.54, 1.807) is 6.20 Å². The molecule has 1 amide bonds. The Labute approximate surface area is 149 Å². The van der Waals surface area contributed by atoms with Gasteiger partial charge in [-0.1, -0.05) is 43.5 Å². The van der Waals surface area contributed by atoms with Crippen LogP contribution in [0.3, 0.4) is 0 Å². The number of aromatic nitrogens is 2. The van der Waals surface area contributed by atoms with E-state index in [0.717, 1.165) is 12.2 Å². The van der Waals surface area contributed by atoms with Crippen molar-refractivity contribution in [2.75, 3.05) is 13.1 Å². The van der Waals surface area contributed by atoms with Crippen molar-refractivity contribution in [2.24, 2.45) is 0 Å². The van der Waals surface area contributed by atoms with Crippen LogP contribution in [0, 0.1) is 0 Å². The first-order valence-corrected chi connectivity index (χ1v) is 9.35. The van der Waals surface area contributed by atoms with E-state index in [0.29, 0.717) is 13.0 Å². The lowest BCUT2D eigenvalue weighted by atomic mass is 10.0. The molecule has 1 aromatic carbocycles. The summed E-state index contributed by atoms with van der Waals surface area (Å²) in [7, 11) is 0. The Bertz CT molecular complexity index is 645. The van der Waals surface area contributed by atoms with Crippen LogP contribution in [0.2, 0.25) is 0 Å². The summed E-state index contributed by atoms with van der Waals surface area (Å²) in [5.74, 6) is 0.0188. The molecule has 5 heteroatoms. The van der Waals surface area contributed by atoms with Gasteiger partial charge in [-0.05, 0) is 43.1 Å². The Morgan fingerprint density at radius 2 is 1.76 bits per heavy atom. The standard InChI is InChI=1S/C20H28N4O/c25-20(14-19-10-11-22-23-19)21-15-17-8-4-5-9-18(17)16-24-12-6-2-1-3-7-13-24/h4-5,8-11H,1-3,6-7,12-16H2,(H,21,25)(H,22,23). The number of nitrogens with one attached hydrogen (secondary N) is 2. The predicted molar refractivity (Wildman–Crippen MR) is 98.9 cm³/mol. The molecule has 1 aromatic heterocycles. The van der Waals surface area contributed by atoms with Crippen molar-refractivity contribution < 1.29 is 4.79 Å². The Hall–Kier alpha value is -2.14. The number of H-pyrrole nitrogens is 1. The minimum Gasteiger partial charge on any atom is -0.352 e. The number of carbonyl (C=O) groups excluding carboxylic acids is 1. The van der Waals surface area contributed by atoms with Gasteiger partial charge >= 0.3 is 0 Å². The van der Waals surface area contributed by atoms with Crippen LogP contribution in [0.15, 0.2) is 36.5 Å². The fraction of sp³-hybridized carbons (Fsp3) is 0.500. The lowest BCUT2D eigenvalue weighted by molar-refractivity contribution is -0.120. The molecule has 2 aromatic rings. The van der Waals surface area contributed by atoms with E-state index in [-0.39, 0.29) is 5.91 Å². The van der Waals surface area contributed by atoms with Gasteiger partial charge in [0, 0.05) is 25.0 Å². The van der Waals surface area contributed by atoms with E-state index in [2.05, 4.69) is 38.6 Å². The molecule has 3 rings (SSSR count). The van der Waals surface area contributed by atoms with Crippen LogP contribution in [0.4, 0.5) is 0 Å². The minimum absolute atomic E-state index is 0.0188. The van der Waals surface area contributed by atoms with Crippen LogP contribution in [0.25, 0.3) is 0 Å². The molecule has 2 N–H and O–H groups in total. The highest BCUT2D eigenvalue weighted by Crippen LogP contribution is 2.16. The SMILES string of the molecule is O=C(Cc1ccn[nH]1)NCc1ccccc1CN1CCCCCCC1. The van der Waals surface area contributed by atoms with Gasteiger partial charge in [-0.3, -0.25) is 14.8 Å². The van der Waals surface area contributed by atoms with Crippen molar-refractivity contribution in [3.8, 4) is 0 Å². The fourth-order valence-electron chi connectivity index (χ4n) is 3.41. The van der Waals surface area contributed by atoms with Gasteiger partial charge in [0.1, 0.15) is 0 Å². The Balaban J connectivity index is 1.55. The number of carbonyl (C=O) groups is 1. The highest BCUT2D eigenvalue weighted by Gasteiger charge is 2.12. The number of hydrogen-bond acceptors (Lipinski definition) is 3. The van der Waals surface area contributed by atoms with Crippen LogP contribution in [-0.4, -0.2) is 34.1 Å². The molecule has 0 unspecified atom stereocenters.